The molecule has 1 unspecified atom stereocenters. The summed E-state index contributed by atoms with van der Waals surface area (Å²) in [5.41, 5.74) is 0. The van der Waals surface area contributed by atoms with Gasteiger partial charge in [0.05, 0.1) is 6.67 Å². The summed E-state index contributed by atoms with van der Waals surface area (Å²) < 4.78 is 12.1. The molecule has 0 radical (unpaired) electrons. The average Bonchev–Trinajstić information content (AvgIpc) is 2.43. The molecule has 0 aromatic rings. The minimum atomic E-state index is -0.464. The van der Waals surface area contributed by atoms with Crippen molar-refractivity contribution in [3.05, 3.63) is 0 Å². The maximum atomic E-state index is 12.1. The van der Waals surface area contributed by atoms with Crippen molar-refractivity contribution in [1.29, 1.82) is 0 Å². The van der Waals surface area contributed by atoms with Crippen LogP contribution in [0.5, 0.6) is 0 Å². The highest BCUT2D eigenvalue weighted by atomic mass is 19.1. The van der Waals surface area contributed by atoms with Crippen molar-refractivity contribution in [1.82, 2.24) is 0 Å². The SMILES string of the molecule is O=CC(CF)C1CCCC1. The smallest absolute Gasteiger partial charge is 0.125 e. The van der Waals surface area contributed by atoms with Crippen LogP contribution in [0.2, 0.25) is 0 Å². The van der Waals surface area contributed by atoms with Gasteiger partial charge in [-0.1, -0.05) is 12.8 Å². The number of halogens is 1. The van der Waals surface area contributed by atoms with Crippen molar-refractivity contribution in [2.24, 2.45) is 11.8 Å². The molecule has 1 rings (SSSR count). The lowest BCUT2D eigenvalue weighted by molar-refractivity contribution is -0.113. The van der Waals surface area contributed by atoms with E-state index in [2.05, 4.69) is 0 Å². The second kappa shape index (κ2) is 3.69. The standard InChI is InChI=1S/C8H13FO/c9-5-8(6-10)7-3-1-2-4-7/h6-8H,1-5H2. The first-order chi connectivity index (χ1) is 4.88. The molecule has 1 saturated carbocycles. The van der Waals surface area contributed by atoms with Gasteiger partial charge in [0.25, 0.3) is 0 Å². The quantitative estimate of drug-likeness (QED) is 0.553. The van der Waals surface area contributed by atoms with Gasteiger partial charge in [0.1, 0.15) is 6.29 Å². The lowest BCUT2D eigenvalue weighted by Gasteiger charge is -2.12. The van der Waals surface area contributed by atoms with E-state index < -0.39 is 6.67 Å². The van der Waals surface area contributed by atoms with E-state index in [1.165, 1.54) is 12.8 Å². The van der Waals surface area contributed by atoms with Crippen molar-refractivity contribution >= 4 is 6.29 Å². The van der Waals surface area contributed by atoms with Crippen molar-refractivity contribution in [2.75, 3.05) is 6.67 Å². The first-order valence-corrected chi connectivity index (χ1v) is 3.89. The second-order valence-corrected chi connectivity index (χ2v) is 3.00. The minimum absolute atomic E-state index is 0.303. The molecule has 10 heavy (non-hydrogen) atoms. The van der Waals surface area contributed by atoms with Crippen LogP contribution in [0.4, 0.5) is 4.39 Å². The Morgan fingerprint density at radius 1 is 1.50 bits per heavy atom. The summed E-state index contributed by atoms with van der Waals surface area (Å²) in [6.07, 6.45) is 5.22. The van der Waals surface area contributed by atoms with Gasteiger partial charge in [0.15, 0.2) is 0 Å². The van der Waals surface area contributed by atoms with E-state index >= 15 is 0 Å². The first kappa shape index (κ1) is 7.70. The number of rotatable bonds is 3. The Hall–Kier alpha value is -0.400. The molecule has 1 aliphatic carbocycles. The van der Waals surface area contributed by atoms with Crippen molar-refractivity contribution in [2.45, 2.75) is 25.7 Å². The second-order valence-electron chi connectivity index (χ2n) is 3.00. The molecule has 0 N–H and O–H groups in total. The van der Waals surface area contributed by atoms with Crippen LogP contribution in [-0.4, -0.2) is 13.0 Å². The summed E-state index contributed by atoms with van der Waals surface area (Å²) in [6.45, 7) is -0.464. The fourth-order valence-corrected chi connectivity index (χ4v) is 1.66. The molecule has 0 aliphatic heterocycles. The number of hydrogen-bond acceptors (Lipinski definition) is 1. The van der Waals surface area contributed by atoms with Gasteiger partial charge >= 0.3 is 0 Å². The minimum Gasteiger partial charge on any atom is -0.303 e. The Morgan fingerprint density at radius 3 is 2.50 bits per heavy atom. The van der Waals surface area contributed by atoms with Gasteiger partial charge in [-0.2, -0.15) is 0 Å². The van der Waals surface area contributed by atoms with Crippen molar-refractivity contribution < 1.29 is 9.18 Å². The zero-order valence-electron chi connectivity index (χ0n) is 6.05. The molecular formula is C8H13FO. The molecule has 0 aromatic heterocycles. The Morgan fingerprint density at radius 2 is 2.10 bits per heavy atom. The van der Waals surface area contributed by atoms with Gasteiger partial charge in [0.2, 0.25) is 0 Å². The van der Waals surface area contributed by atoms with Crippen molar-refractivity contribution in [3.63, 3.8) is 0 Å². The Balaban J connectivity index is 2.36. The van der Waals surface area contributed by atoms with E-state index in [4.69, 9.17) is 0 Å². The third kappa shape index (κ3) is 1.55. The molecule has 0 aromatic carbocycles. The number of carbonyl (C=O) groups excluding carboxylic acids is 1. The van der Waals surface area contributed by atoms with E-state index in [0.29, 0.717) is 5.92 Å². The molecule has 0 heterocycles. The summed E-state index contributed by atoms with van der Waals surface area (Å²) in [7, 11) is 0. The fourth-order valence-electron chi connectivity index (χ4n) is 1.66. The van der Waals surface area contributed by atoms with Crippen LogP contribution < -0.4 is 0 Å². The molecule has 1 atom stereocenters. The van der Waals surface area contributed by atoms with Gasteiger partial charge in [-0.3, -0.25) is 4.39 Å². The highest BCUT2D eigenvalue weighted by molar-refractivity contribution is 5.54. The summed E-state index contributed by atoms with van der Waals surface area (Å²) in [4.78, 5) is 10.3. The maximum Gasteiger partial charge on any atom is 0.125 e. The largest absolute Gasteiger partial charge is 0.303 e. The highest BCUT2D eigenvalue weighted by Crippen LogP contribution is 2.30. The molecule has 1 aliphatic rings. The molecule has 1 nitrogen and oxygen atoms in total. The number of aldehydes is 1. The van der Waals surface area contributed by atoms with Crippen LogP contribution in [0.15, 0.2) is 0 Å². The number of carbonyl (C=O) groups is 1. The predicted molar refractivity (Wildman–Crippen MR) is 37.5 cm³/mol. The summed E-state index contributed by atoms with van der Waals surface area (Å²) >= 11 is 0. The number of alkyl halides is 1. The lowest BCUT2D eigenvalue weighted by Crippen LogP contribution is -2.14. The topological polar surface area (TPSA) is 17.1 Å². The molecule has 0 amide bonds. The molecule has 0 bridgehead atoms. The van der Waals surface area contributed by atoms with Crippen LogP contribution in [0.3, 0.4) is 0 Å². The van der Waals surface area contributed by atoms with Crippen LogP contribution in [0.1, 0.15) is 25.7 Å². The van der Waals surface area contributed by atoms with Crippen molar-refractivity contribution in [3.8, 4) is 0 Å². The molecule has 0 spiro atoms. The van der Waals surface area contributed by atoms with Gasteiger partial charge in [-0.05, 0) is 18.8 Å². The zero-order chi connectivity index (χ0) is 7.40. The molecule has 1 fully saturated rings. The third-order valence-electron chi connectivity index (χ3n) is 2.36. The van der Waals surface area contributed by atoms with Crippen LogP contribution in [0, 0.1) is 11.8 Å². The van der Waals surface area contributed by atoms with E-state index in [0.717, 1.165) is 19.1 Å². The summed E-state index contributed by atoms with van der Waals surface area (Å²) in [5, 5.41) is 0. The Labute approximate surface area is 60.6 Å². The number of hydrogen-bond donors (Lipinski definition) is 0. The van der Waals surface area contributed by atoms with Gasteiger partial charge in [-0.15, -0.1) is 0 Å². The Bertz CT molecular complexity index is 108. The van der Waals surface area contributed by atoms with E-state index in [9.17, 15) is 9.18 Å². The summed E-state index contributed by atoms with van der Waals surface area (Å²) in [6, 6.07) is 0. The predicted octanol–water partition coefficient (Wildman–Crippen LogP) is 1.96. The van der Waals surface area contributed by atoms with Gasteiger partial charge in [-0.25, -0.2) is 0 Å². The Kier molecular flexibility index (Phi) is 2.84. The fraction of sp³-hybridized carbons (Fsp3) is 0.875. The molecule has 2 heteroatoms. The monoisotopic (exact) mass is 144 g/mol. The highest BCUT2D eigenvalue weighted by Gasteiger charge is 2.23. The van der Waals surface area contributed by atoms with Crippen LogP contribution in [0.25, 0.3) is 0 Å². The molecule has 0 saturated heterocycles. The van der Waals surface area contributed by atoms with E-state index in [1.807, 2.05) is 0 Å². The maximum absolute atomic E-state index is 12.1. The zero-order valence-corrected chi connectivity index (χ0v) is 6.05. The van der Waals surface area contributed by atoms with Gasteiger partial charge in [0, 0.05) is 5.92 Å². The third-order valence-corrected chi connectivity index (χ3v) is 2.36. The van der Waals surface area contributed by atoms with E-state index in [-0.39, 0.29) is 5.92 Å². The average molecular weight is 144 g/mol. The van der Waals surface area contributed by atoms with E-state index in [1.54, 1.807) is 0 Å². The van der Waals surface area contributed by atoms with Gasteiger partial charge < -0.3 is 4.79 Å². The lowest BCUT2D eigenvalue weighted by atomic mass is 9.93. The van der Waals surface area contributed by atoms with Crippen LogP contribution in [-0.2, 0) is 4.79 Å². The molecule has 58 valence electrons. The van der Waals surface area contributed by atoms with Crippen LogP contribution >= 0.6 is 0 Å². The molecular weight excluding hydrogens is 131 g/mol. The first-order valence-electron chi connectivity index (χ1n) is 3.89. The summed E-state index contributed by atoms with van der Waals surface area (Å²) in [5.74, 6) is 0.0463. The normalized spacial score (nSPS) is 22.9.